The van der Waals surface area contributed by atoms with Gasteiger partial charge in [0.2, 0.25) is 0 Å². The lowest BCUT2D eigenvalue weighted by molar-refractivity contribution is -0.138. The summed E-state index contributed by atoms with van der Waals surface area (Å²) < 4.78 is 23.8. The van der Waals surface area contributed by atoms with Gasteiger partial charge in [-0.2, -0.15) is 0 Å². The normalized spacial score (nSPS) is 13.1. The number of carbonyl (C=O) groups excluding carboxylic acids is 3. The molecule has 0 bridgehead atoms. The molecular formula is C29H22FN3O5S. The van der Waals surface area contributed by atoms with Crippen LogP contribution in [0.1, 0.15) is 16.1 Å². The van der Waals surface area contributed by atoms with E-state index in [1.165, 1.54) is 30.5 Å². The zero-order valence-electron chi connectivity index (χ0n) is 20.6. The van der Waals surface area contributed by atoms with Gasteiger partial charge >= 0.3 is 0 Å². The molecule has 0 radical (unpaired) electrons. The van der Waals surface area contributed by atoms with Crippen LogP contribution in [0.25, 0.3) is 0 Å². The van der Waals surface area contributed by atoms with Crippen LogP contribution in [0, 0.1) is 5.82 Å². The molecule has 1 aromatic heterocycles. The number of nitrogens with zero attached hydrogens (tertiary/aromatic N) is 1. The molecule has 5 rings (SSSR count). The second kappa shape index (κ2) is 11.3. The number of furan rings is 1. The lowest BCUT2D eigenvalue weighted by Gasteiger charge is -2.13. The van der Waals surface area contributed by atoms with Crippen molar-refractivity contribution in [1.29, 1.82) is 0 Å². The molecule has 0 fully saturated rings. The topological polar surface area (TPSA) is 101 Å². The molecule has 4 aromatic rings. The maximum Gasteiger partial charge on any atom is 0.278 e. The number of methoxy groups -OCH3 is 1. The van der Waals surface area contributed by atoms with E-state index in [0.29, 0.717) is 33.3 Å². The first-order chi connectivity index (χ1) is 18.9. The first-order valence-electron chi connectivity index (χ1n) is 11.8. The fourth-order valence-corrected chi connectivity index (χ4v) is 4.85. The van der Waals surface area contributed by atoms with Crippen molar-refractivity contribution in [1.82, 2.24) is 4.90 Å². The Balaban J connectivity index is 1.41. The van der Waals surface area contributed by atoms with Crippen molar-refractivity contribution in [3.8, 4) is 5.75 Å². The van der Waals surface area contributed by atoms with Crippen LogP contribution in [-0.2, 0) is 16.1 Å². The molecule has 0 spiro atoms. The Kier molecular flexibility index (Phi) is 7.46. The highest BCUT2D eigenvalue weighted by Gasteiger charge is 2.39. The van der Waals surface area contributed by atoms with E-state index in [1.807, 2.05) is 0 Å². The predicted octanol–water partition coefficient (Wildman–Crippen LogP) is 5.66. The fourth-order valence-electron chi connectivity index (χ4n) is 3.84. The number of rotatable bonds is 9. The first kappa shape index (κ1) is 25.8. The minimum atomic E-state index is -0.490. The summed E-state index contributed by atoms with van der Waals surface area (Å²) >= 11 is 1.10. The van der Waals surface area contributed by atoms with Crippen LogP contribution in [0.4, 0.5) is 15.8 Å². The van der Waals surface area contributed by atoms with Crippen molar-refractivity contribution in [3.05, 3.63) is 119 Å². The van der Waals surface area contributed by atoms with E-state index in [-0.39, 0.29) is 17.1 Å². The molecule has 3 aromatic carbocycles. The molecule has 1 aliphatic rings. The summed E-state index contributed by atoms with van der Waals surface area (Å²) in [6.45, 7) is -0.0176. The van der Waals surface area contributed by atoms with E-state index in [9.17, 15) is 18.8 Å². The number of hydrogen-bond donors (Lipinski definition) is 2. The third kappa shape index (κ3) is 5.86. The van der Waals surface area contributed by atoms with Crippen molar-refractivity contribution in [3.63, 3.8) is 0 Å². The monoisotopic (exact) mass is 543 g/mol. The number of nitrogens with one attached hydrogen (secondary N) is 2. The van der Waals surface area contributed by atoms with E-state index >= 15 is 0 Å². The van der Waals surface area contributed by atoms with Crippen LogP contribution >= 0.6 is 11.8 Å². The van der Waals surface area contributed by atoms with E-state index < -0.39 is 23.5 Å². The average molecular weight is 544 g/mol. The van der Waals surface area contributed by atoms with Crippen molar-refractivity contribution in [2.24, 2.45) is 0 Å². The summed E-state index contributed by atoms with van der Waals surface area (Å²) in [7, 11) is 1.56. The average Bonchev–Trinajstić information content (AvgIpc) is 3.53. The molecule has 0 aliphatic carbocycles. The quantitative estimate of drug-likeness (QED) is 0.263. The zero-order valence-corrected chi connectivity index (χ0v) is 21.5. The van der Waals surface area contributed by atoms with Crippen molar-refractivity contribution < 1.29 is 27.9 Å². The number of carbonyl (C=O) groups is 3. The molecule has 3 amide bonds. The Morgan fingerprint density at radius 1 is 0.949 bits per heavy atom. The molecule has 2 heterocycles. The Hall–Kier alpha value is -4.83. The second-order valence-corrected chi connectivity index (χ2v) is 9.51. The molecule has 39 heavy (non-hydrogen) atoms. The lowest BCUT2D eigenvalue weighted by atomic mass is 10.2. The molecule has 10 heteroatoms. The standard InChI is InChI=1S/C29H22FN3O5S/c1-37-22-13-11-20(12-14-22)31-25-26(29(36)33(28(25)35)17-23-5-3-15-38-23)39-24-6-2-4-21(16-24)32-27(34)18-7-9-19(30)10-8-18/h2-16,31H,17H2,1H3,(H,32,34). The number of benzene rings is 3. The highest BCUT2D eigenvalue weighted by molar-refractivity contribution is 8.04. The zero-order chi connectivity index (χ0) is 27.4. The van der Waals surface area contributed by atoms with Gasteiger partial charge in [-0.3, -0.25) is 19.3 Å². The lowest BCUT2D eigenvalue weighted by Crippen LogP contribution is -2.31. The number of amides is 3. The molecule has 196 valence electrons. The summed E-state index contributed by atoms with van der Waals surface area (Å²) in [6, 6.07) is 22.4. The largest absolute Gasteiger partial charge is 0.497 e. The van der Waals surface area contributed by atoms with Gasteiger partial charge in [0.1, 0.15) is 27.9 Å². The van der Waals surface area contributed by atoms with Gasteiger partial charge in [0.05, 0.1) is 19.9 Å². The van der Waals surface area contributed by atoms with E-state index in [4.69, 9.17) is 9.15 Å². The van der Waals surface area contributed by atoms with E-state index in [1.54, 1.807) is 67.8 Å². The van der Waals surface area contributed by atoms with Crippen molar-refractivity contribution in [2.45, 2.75) is 11.4 Å². The van der Waals surface area contributed by atoms with Gasteiger partial charge in [-0.15, -0.1) is 0 Å². The molecule has 0 unspecified atom stereocenters. The van der Waals surface area contributed by atoms with Crippen molar-refractivity contribution in [2.75, 3.05) is 17.7 Å². The van der Waals surface area contributed by atoms with E-state index in [0.717, 1.165) is 16.7 Å². The highest BCUT2D eigenvalue weighted by Crippen LogP contribution is 2.37. The minimum absolute atomic E-state index is 0.0176. The number of hydrogen-bond acceptors (Lipinski definition) is 7. The number of anilines is 2. The molecular weight excluding hydrogens is 521 g/mol. The third-order valence-electron chi connectivity index (χ3n) is 5.80. The molecule has 1 aliphatic heterocycles. The van der Waals surface area contributed by atoms with Crippen LogP contribution in [0.5, 0.6) is 5.75 Å². The second-order valence-electron chi connectivity index (χ2n) is 8.42. The molecule has 0 atom stereocenters. The van der Waals surface area contributed by atoms with Gasteiger partial charge in [-0.1, -0.05) is 17.8 Å². The van der Waals surface area contributed by atoms with Crippen LogP contribution in [0.2, 0.25) is 0 Å². The van der Waals surface area contributed by atoms with E-state index in [2.05, 4.69) is 10.6 Å². The Morgan fingerprint density at radius 3 is 2.41 bits per heavy atom. The van der Waals surface area contributed by atoms with Gasteiger partial charge in [0.15, 0.2) is 0 Å². The Labute approximate surface area is 227 Å². The van der Waals surface area contributed by atoms with Crippen LogP contribution in [-0.4, -0.2) is 29.7 Å². The summed E-state index contributed by atoms with van der Waals surface area (Å²) in [5, 5.41) is 5.86. The summed E-state index contributed by atoms with van der Waals surface area (Å²) in [5.41, 5.74) is 1.50. The fraction of sp³-hybridized carbons (Fsp3) is 0.0690. The highest BCUT2D eigenvalue weighted by atomic mass is 32.2. The summed E-state index contributed by atoms with van der Waals surface area (Å²) in [4.78, 5) is 41.4. The van der Waals surface area contributed by atoms with Gasteiger partial charge in [-0.05, 0) is 78.9 Å². The SMILES string of the molecule is COc1ccc(NC2=C(Sc3cccc(NC(=O)c4ccc(F)cc4)c3)C(=O)N(Cc3ccco3)C2=O)cc1. The smallest absolute Gasteiger partial charge is 0.278 e. The third-order valence-corrected chi connectivity index (χ3v) is 6.87. The Bertz CT molecular complexity index is 1550. The van der Waals surface area contributed by atoms with Gasteiger partial charge < -0.3 is 19.8 Å². The van der Waals surface area contributed by atoms with Gasteiger partial charge in [0.25, 0.3) is 17.7 Å². The van der Waals surface area contributed by atoms with Crippen molar-refractivity contribution >= 4 is 40.9 Å². The minimum Gasteiger partial charge on any atom is -0.497 e. The molecule has 0 saturated heterocycles. The predicted molar refractivity (Wildman–Crippen MR) is 145 cm³/mol. The van der Waals surface area contributed by atoms with Gasteiger partial charge in [0, 0.05) is 21.8 Å². The summed E-state index contributed by atoms with van der Waals surface area (Å²) in [5.74, 6) is -0.688. The molecule has 2 N–H and O–H groups in total. The maximum atomic E-state index is 13.4. The number of halogens is 1. The molecule has 8 nitrogen and oxygen atoms in total. The summed E-state index contributed by atoms with van der Waals surface area (Å²) in [6.07, 6.45) is 1.48. The first-order valence-corrected chi connectivity index (χ1v) is 12.6. The molecule has 0 saturated carbocycles. The number of thioether (sulfide) groups is 1. The number of ether oxygens (including phenoxy) is 1. The maximum absolute atomic E-state index is 13.4. The van der Waals surface area contributed by atoms with Crippen LogP contribution in [0.15, 0.2) is 111 Å². The van der Waals surface area contributed by atoms with Crippen LogP contribution in [0.3, 0.4) is 0 Å². The Morgan fingerprint density at radius 2 is 1.72 bits per heavy atom. The number of imide groups is 1. The van der Waals surface area contributed by atoms with Crippen LogP contribution < -0.4 is 15.4 Å². The van der Waals surface area contributed by atoms with Gasteiger partial charge in [-0.25, -0.2) is 4.39 Å².